The van der Waals surface area contributed by atoms with Crippen molar-refractivity contribution >= 4 is 5.91 Å². The highest BCUT2D eigenvalue weighted by Gasteiger charge is 2.28. The van der Waals surface area contributed by atoms with Gasteiger partial charge in [0.2, 0.25) is 0 Å². The quantitative estimate of drug-likeness (QED) is 0.898. The van der Waals surface area contributed by atoms with Crippen molar-refractivity contribution in [3.63, 3.8) is 0 Å². The Morgan fingerprint density at radius 1 is 1.50 bits per heavy atom. The van der Waals surface area contributed by atoms with Crippen LogP contribution in [0.15, 0.2) is 23.1 Å². The van der Waals surface area contributed by atoms with Gasteiger partial charge >= 0.3 is 0 Å². The number of hydrogen-bond acceptors (Lipinski definition) is 5. The lowest BCUT2D eigenvalue weighted by Gasteiger charge is -2.32. The summed E-state index contributed by atoms with van der Waals surface area (Å²) in [5.41, 5.74) is 0.830. The van der Waals surface area contributed by atoms with Gasteiger partial charge in [0.05, 0.1) is 13.2 Å². The predicted octanol–water partition coefficient (Wildman–Crippen LogP) is 0.899. The van der Waals surface area contributed by atoms with E-state index in [9.17, 15) is 9.59 Å². The van der Waals surface area contributed by atoms with Crippen LogP contribution in [0.25, 0.3) is 0 Å². The monoisotopic (exact) mass is 331 g/mol. The topological polar surface area (TPSA) is 93.1 Å². The first kappa shape index (κ1) is 16.4. The molecule has 2 aromatic rings. The Labute approximate surface area is 139 Å². The minimum atomic E-state index is -0.437. The Morgan fingerprint density at radius 2 is 2.33 bits per heavy atom. The third kappa shape index (κ3) is 3.53. The summed E-state index contributed by atoms with van der Waals surface area (Å²) in [4.78, 5) is 32.9. The normalized spacial score (nSPS) is 17.9. The highest BCUT2D eigenvalue weighted by atomic mass is 16.5. The zero-order valence-corrected chi connectivity index (χ0v) is 13.9. The van der Waals surface area contributed by atoms with Gasteiger partial charge < -0.3 is 14.6 Å². The zero-order valence-electron chi connectivity index (χ0n) is 13.9. The number of nitrogens with zero attached hydrogens (tertiary/aromatic N) is 4. The summed E-state index contributed by atoms with van der Waals surface area (Å²) in [6.45, 7) is 5.82. The molecule has 3 heterocycles. The van der Waals surface area contributed by atoms with Crippen molar-refractivity contribution in [1.82, 2.24) is 24.6 Å². The number of aromatic amines is 1. The first-order valence-corrected chi connectivity index (χ1v) is 8.09. The summed E-state index contributed by atoms with van der Waals surface area (Å²) in [6.07, 6.45) is 2.34. The first-order valence-electron chi connectivity index (χ1n) is 8.09. The van der Waals surface area contributed by atoms with E-state index in [0.717, 1.165) is 13.0 Å². The van der Waals surface area contributed by atoms with Crippen LogP contribution in [0.3, 0.4) is 0 Å². The number of H-pyrrole nitrogens is 1. The number of ether oxygens (including phenoxy) is 1. The van der Waals surface area contributed by atoms with Crippen LogP contribution in [0.4, 0.5) is 0 Å². The Bertz CT molecular complexity index is 782. The molecule has 0 aromatic carbocycles. The molecule has 0 bridgehead atoms. The van der Waals surface area contributed by atoms with Crippen molar-refractivity contribution in [2.75, 3.05) is 19.7 Å². The third-order valence-electron chi connectivity index (χ3n) is 3.86. The number of carbonyl (C=O) groups is 1. The number of carbonyl (C=O) groups excluding carboxylic acids is 1. The van der Waals surface area contributed by atoms with E-state index in [-0.39, 0.29) is 11.5 Å². The van der Waals surface area contributed by atoms with Crippen LogP contribution in [0, 0.1) is 6.92 Å². The molecule has 0 saturated carbocycles. The van der Waals surface area contributed by atoms with Crippen molar-refractivity contribution in [3.8, 4) is 0 Å². The van der Waals surface area contributed by atoms with E-state index in [0.29, 0.717) is 36.9 Å². The fourth-order valence-corrected chi connectivity index (χ4v) is 2.75. The van der Waals surface area contributed by atoms with Gasteiger partial charge in [-0.15, -0.1) is 0 Å². The van der Waals surface area contributed by atoms with Crippen LogP contribution in [0.5, 0.6) is 0 Å². The van der Waals surface area contributed by atoms with Crippen molar-refractivity contribution in [1.29, 1.82) is 0 Å². The number of hydrogen-bond donors (Lipinski definition) is 1. The lowest BCUT2D eigenvalue weighted by atomic mass is 10.2. The molecule has 1 fully saturated rings. The zero-order chi connectivity index (χ0) is 17.1. The standard InChI is InChI=1S/C16H21N5O3/c1-3-5-21-6-4-12(19-21)16(23)20-7-8-24-13(10-20)15-17-11(2)9-14(22)18-15/h4,6,9,13H,3,5,7-8,10H2,1-2H3,(H,17,18,22)/t13-/m0/s1. The number of aryl methyl sites for hydroxylation is 2. The van der Waals surface area contributed by atoms with Crippen LogP contribution in [0.1, 0.15) is 41.5 Å². The molecule has 1 aliphatic rings. The Morgan fingerprint density at radius 3 is 3.08 bits per heavy atom. The summed E-state index contributed by atoms with van der Waals surface area (Å²) < 4.78 is 7.45. The second-order valence-corrected chi connectivity index (χ2v) is 5.85. The maximum atomic E-state index is 12.6. The van der Waals surface area contributed by atoms with E-state index >= 15 is 0 Å². The molecule has 1 amide bonds. The minimum absolute atomic E-state index is 0.131. The molecular formula is C16H21N5O3. The molecule has 3 rings (SSSR count). The van der Waals surface area contributed by atoms with Crippen molar-refractivity contribution < 1.29 is 9.53 Å². The summed E-state index contributed by atoms with van der Waals surface area (Å²) in [6, 6.07) is 3.16. The number of aromatic nitrogens is 4. The van der Waals surface area contributed by atoms with E-state index in [1.807, 2.05) is 6.20 Å². The Balaban J connectivity index is 1.74. The number of morpholine rings is 1. The molecule has 1 atom stereocenters. The number of rotatable bonds is 4. The molecule has 8 nitrogen and oxygen atoms in total. The smallest absolute Gasteiger partial charge is 0.274 e. The fraction of sp³-hybridized carbons (Fsp3) is 0.500. The average molecular weight is 331 g/mol. The van der Waals surface area contributed by atoms with Crippen LogP contribution < -0.4 is 5.56 Å². The van der Waals surface area contributed by atoms with Gasteiger partial charge in [0.25, 0.3) is 11.5 Å². The molecule has 2 aromatic heterocycles. The van der Waals surface area contributed by atoms with E-state index in [1.54, 1.807) is 22.6 Å². The van der Waals surface area contributed by atoms with Gasteiger partial charge in [0.1, 0.15) is 17.6 Å². The van der Waals surface area contributed by atoms with Crippen LogP contribution >= 0.6 is 0 Å². The van der Waals surface area contributed by atoms with E-state index in [1.165, 1.54) is 6.07 Å². The Hall–Kier alpha value is -2.48. The van der Waals surface area contributed by atoms with Crippen LogP contribution in [-0.2, 0) is 11.3 Å². The van der Waals surface area contributed by atoms with E-state index in [4.69, 9.17) is 4.74 Å². The number of amides is 1. The predicted molar refractivity (Wildman–Crippen MR) is 86.7 cm³/mol. The van der Waals surface area contributed by atoms with Gasteiger partial charge in [0, 0.05) is 31.0 Å². The number of nitrogens with one attached hydrogen (secondary N) is 1. The largest absolute Gasteiger partial charge is 0.367 e. The summed E-state index contributed by atoms with van der Waals surface area (Å²) in [5, 5.41) is 4.31. The molecule has 1 N–H and O–H groups in total. The fourth-order valence-electron chi connectivity index (χ4n) is 2.75. The van der Waals surface area contributed by atoms with Gasteiger partial charge in [0.15, 0.2) is 0 Å². The maximum absolute atomic E-state index is 12.6. The third-order valence-corrected chi connectivity index (χ3v) is 3.86. The van der Waals surface area contributed by atoms with Gasteiger partial charge in [-0.25, -0.2) is 4.98 Å². The average Bonchev–Trinajstić information content (AvgIpc) is 3.02. The van der Waals surface area contributed by atoms with Crippen LogP contribution in [-0.4, -0.2) is 50.3 Å². The van der Waals surface area contributed by atoms with Gasteiger partial charge in [-0.3, -0.25) is 14.3 Å². The summed E-state index contributed by atoms with van der Waals surface area (Å²) >= 11 is 0. The lowest BCUT2D eigenvalue weighted by molar-refractivity contribution is -0.0271. The van der Waals surface area contributed by atoms with Crippen LogP contribution in [0.2, 0.25) is 0 Å². The Kier molecular flexibility index (Phi) is 4.75. The molecular weight excluding hydrogens is 310 g/mol. The molecule has 128 valence electrons. The highest BCUT2D eigenvalue weighted by molar-refractivity contribution is 5.92. The van der Waals surface area contributed by atoms with Gasteiger partial charge in [-0.05, 0) is 19.4 Å². The maximum Gasteiger partial charge on any atom is 0.274 e. The molecule has 0 radical (unpaired) electrons. The lowest BCUT2D eigenvalue weighted by Crippen LogP contribution is -2.43. The van der Waals surface area contributed by atoms with Crippen molar-refractivity contribution in [2.45, 2.75) is 32.9 Å². The molecule has 0 unspecified atom stereocenters. The second-order valence-electron chi connectivity index (χ2n) is 5.85. The summed E-state index contributed by atoms with van der Waals surface area (Å²) in [5.74, 6) is 0.321. The SMILES string of the molecule is CCCn1ccc(C(=O)N2CCO[C@H](c3nc(C)cc(=O)[nH]3)C2)n1. The summed E-state index contributed by atoms with van der Waals surface area (Å²) in [7, 11) is 0. The molecule has 8 heteroatoms. The highest BCUT2D eigenvalue weighted by Crippen LogP contribution is 2.19. The van der Waals surface area contributed by atoms with Crippen molar-refractivity contribution in [3.05, 3.63) is 45.9 Å². The van der Waals surface area contributed by atoms with Crippen molar-refractivity contribution in [2.24, 2.45) is 0 Å². The molecule has 1 saturated heterocycles. The molecule has 0 spiro atoms. The molecule has 0 aliphatic carbocycles. The first-order chi connectivity index (χ1) is 11.6. The van der Waals surface area contributed by atoms with Gasteiger partial charge in [-0.1, -0.05) is 6.92 Å². The second kappa shape index (κ2) is 6.96. The van der Waals surface area contributed by atoms with E-state index < -0.39 is 6.10 Å². The minimum Gasteiger partial charge on any atom is -0.367 e. The molecule has 1 aliphatic heterocycles. The molecule has 24 heavy (non-hydrogen) atoms. The van der Waals surface area contributed by atoms with E-state index in [2.05, 4.69) is 22.0 Å². The van der Waals surface area contributed by atoms with Gasteiger partial charge in [-0.2, -0.15) is 5.10 Å².